The van der Waals surface area contributed by atoms with E-state index in [1.54, 1.807) is 18.2 Å². The zero-order chi connectivity index (χ0) is 11.8. The van der Waals surface area contributed by atoms with Crippen LogP contribution in [-0.2, 0) is 6.18 Å². The fraction of sp³-hybridized carbons (Fsp3) is 0.100. The van der Waals surface area contributed by atoms with Crippen molar-refractivity contribution in [3.8, 4) is 5.69 Å². The molecule has 1 heterocycles. The lowest BCUT2D eigenvalue weighted by molar-refractivity contribution is -0.142. The van der Waals surface area contributed by atoms with Gasteiger partial charge in [-0.2, -0.15) is 18.3 Å². The largest absolute Gasteiger partial charge is 0.435 e. The van der Waals surface area contributed by atoms with Crippen LogP contribution in [-0.4, -0.2) is 9.78 Å². The second-order valence-corrected chi connectivity index (χ2v) is 3.19. The molecule has 0 unspecified atom stereocenters. The van der Waals surface area contributed by atoms with Gasteiger partial charge in [0.15, 0.2) is 5.69 Å². The van der Waals surface area contributed by atoms with Crippen LogP contribution < -0.4 is 5.73 Å². The van der Waals surface area contributed by atoms with E-state index in [2.05, 4.69) is 5.10 Å². The molecule has 2 N–H and O–H groups in total. The van der Waals surface area contributed by atoms with Crippen molar-refractivity contribution in [3.63, 3.8) is 0 Å². The van der Waals surface area contributed by atoms with Gasteiger partial charge in [-0.05, 0) is 12.1 Å². The predicted octanol–water partition coefficient (Wildman–Crippen LogP) is 2.47. The summed E-state index contributed by atoms with van der Waals surface area (Å²) in [7, 11) is 0. The van der Waals surface area contributed by atoms with Crippen molar-refractivity contribution in [1.82, 2.24) is 9.78 Å². The van der Waals surface area contributed by atoms with Crippen LogP contribution in [0, 0.1) is 0 Å². The topological polar surface area (TPSA) is 43.8 Å². The van der Waals surface area contributed by atoms with Gasteiger partial charge in [0.25, 0.3) is 0 Å². The lowest BCUT2D eigenvalue weighted by atomic mass is 10.3. The Morgan fingerprint density at radius 1 is 1.12 bits per heavy atom. The number of para-hydroxylation sites is 1. The number of halogens is 3. The zero-order valence-electron chi connectivity index (χ0n) is 8.07. The number of rotatable bonds is 1. The number of anilines is 1. The number of nitrogens with zero attached hydrogens (tertiary/aromatic N) is 2. The summed E-state index contributed by atoms with van der Waals surface area (Å²) in [5, 5.41) is 3.62. The van der Waals surface area contributed by atoms with E-state index in [4.69, 9.17) is 5.73 Å². The molecule has 6 heteroatoms. The molecule has 84 valence electrons. The molecule has 2 aromatic rings. The summed E-state index contributed by atoms with van der Waals surface area (Å²) in [6.07, 6.45) is -3.52. The molecule has 1 aromatic heterocycles. The molecule has 0 spiro atoms. The van der Waals surface area contributed by atoms with E-state index in [9.17, 15) is 13.2 Å². The molecule has 0 atom stereocenters. The van der Waals surface area contributed by atoms with Gasteiger partial charge in [-0.3, -0.25) is 0 Å². The van der Waals surface area contributed by atoms with Crippen LogP contribution in [0.5, 0.6) is 0 Å². The summed E-state index contributed by atoms with van der Waals surface area (Å²) in [5.74, 6) is 0. The molecule has 0 radical (unpaired) electrons. The van der Waals surface area contributed by atoms with Gasteiger partial charge >= 0.3 is 6.18 Å². The molecular weight excluding hydrogens is 219 g/mol. The fourth-order valence-corrected chi connectivity index (χ4v) is 1.41. The summed E-state index contributed by atoms with van der Waals surface area (Å²) >= 11 is 0. The van der Waals surface area contributed by atoms with E-state index >= 15 is 0 Å². The zero-order valence-corrected chi connectivity index (χ0v) is 8.07. The first kappa shape index (κ1) is 10.5. The van der Waals surface area contributed by atoms with Gasteiger partial charge in [0.05, 0.1) is 17.6 Å². The first-order valence-corrected chi connectivity index (χ1v) is 4.46. The molecule has 0 amide bonds. The lowest BCUT2D eigenvalue weighted by Gasteiger charge is -2.10. The first-order chi connectivity index (χ1) is 7.50. The van der Waals surface area contributed by atoms with Crippen molar-refractivity contribution in [1.29, 1.82) is 0 Å². The quantitative estimate of drug-likeness (QED) is 0.813. The standard InChI is InChI=1S/C10H8F3N3/c11-10(12,13)9-8(14)6-15-16(9)7-4-2-1-3-5-7/h1-6H,14H2. The van der Waals surface area contributed by atoms with Crippen LogP contribution in [0.15, 0.2) is 36.5 Å². The predicted molar refractivity (Wildman–Crippen MR) is 53.0 cm³/mol. The van der Waals surface area contributed by atoms with Gasteiger partial charge in [-0.25, -0.2) is 4.68 Å². The number of alkyl halides is 3. The van der Waals surface area contributed by atoms with Gasteiger partial charge in [-0.15, -0.1) is 0 Å². The van der Waals surface area contributed by atoms with Crippen LogP contribution in [0.25, 0.3) is 5.69 Å². The molecule has 1 aromatic carbocycles. The summed E-state index contributed by atoms with van der Waals surface area (Å²) in [6.45, 7) is 0. The molecule has 0 aliphatic heterocycles. The highest BCUT2D eigenvalue weighted by atomic mass is 19.4. The van der Waals surface area contributed by atoms with Crippen molar-refractivity contribution >= 4 is 5.69 Å². The molecular formula is C10H8F3N3. The number of nitrogen functional groups attached to an aromatic ring is 1. The maximum Gasteiger partial charge on any atom is 0.435 e. The highest BCUT2D eigenvalue weighted by molar-refractivity contribution is 5.47. The Balaban J connectivity index is 2.60. The Bertz CT molecular complexity index is 488. The van der Waals surface area contributed by atoms with Gasteiger partial charge < -0.3 is 5.73 Å². The van der Waals surface area contributed by atoms with Gasteiger partial charge in [0.2, 0.25) is 0 Å². The smallest absolute Gasteiger partial charge is 0.396 e. The molecule has 0 fully saturated rings. The second-order valence-electron chi connectivity index (χ2n) is 3.19. The minimum atomic E-state index is -4.52. The summed E-state index contributed by atoms with van der Waals surface area (Å²) in [4.78, 5) is 0. The average molecular weight is 227 g/mol. The normalized spacial score (nSPS) is 11.7. The maximum absolute atomic E-state index is 12.7. The summed E-state index contributed by atoms with van der Waals surface area (Å²) in [5.41, 5.74) is 4.26. The molecule has 3 nitrogen and oxygen atoms in total. The van der Waals surface area contributed by atoms with Gasteiger partial charge in [-0.1, -0.05) is 18.2 Å². The van der Waals surface area contributed by atoms with Crippen LogP contribution in [0.1, 0.15) is 5.69 Å². The second kappa shape index (κ2) is 3.55. The third-order valence-electron chi connectivity index (χ3n) is 2.07. The number of hydrogen-bond acceptors (Lipinski definition) is 2. The van der Waals surface area contributed by atoms with Crippen LogP contribution in [0.4, 0.5) is 18.9 Å². The Morgan fingerprint density at radius 2 is 1.75 bits per heavy atom. The summed E-state index contributed by atoms with van der Waals surface area (Å²) in [6, 6.07) is 8.04. The van der Waals surface area contributed by atoms with Crippen LogP contribution in [0.2, 0.25) is 0 Å². The van der Waals surface area contributed by atoms with Crippen molar-refractivity contribution < 1.29 is 13.2 Å². The van der Waals surface area contributed by atoms with Crippen molar-refractivity contribution in [2.45, 2.75) is 6.18 Å². The number of nitrogens with two attached hydrogens (primary N) is 1. The Labute approximate surface area is 89.3 Å². The maximum atomic E-state index is 12.7. The minimum Gasteiger partial charge on any atom is -0.396 e. The Morgan fingerprint density at radius 3 is 2.31 bits per heavy atom. The Hall–Kier alpha value is -1.98. The van der Waals surface area contributed by atoms with Crippen molar-refractivity contribution in [3.05, 3.63) is 42.2 Å². The van der Waals surface area contributed by atoms with Gasteiger partial charge in [0, 0.05) is 0 Å². The first-order valence-electron chi connectivity index (χ1n) is 4.46. The van der Waals surface area contributed by atoms with Gasteiger partial charge in [0.1, 0.15) is 0 Å². The number of hydrogen-bond donors (Lipinski definition) is 1. The number of benzene rings is 1. The van der Waals surface area contributed by atoms with E-state index < -0.39 is 11.9 Å². The van der Waals surface area contributed by atoms with Crippen molar-refractivity contribution in [2.75, 3.05) is 5.73 Å². The molecule has 0 aliphatic rings. The Kier molecular flexibility index (Phi) is 2.34. The fourth-order valence-electron chi connectivity index (χ4n) is 1.41. The average Bonchev–Trinajstić information content (AvgIpc) is 2.61. The molecule has 0 saturated carbocycles. The minimum absolute atomic E-state index is 0.325. The van der Waals surface area contributed by atoms with E-state index in [0.717, 1.165) is 10.9 Å². The molecule has 0 saturated heterocycles. The van der Waals surface area contributed by atoms with E-state index in [0.29, 0.717) is 5.69 Å². The van der Waals surface area contributed by atoms with E-state index in [1.165, 1.54) is 12.1 Å². The lowest BCUT2D eigenvalue weighted by Crippen LogP contribution is -2.15. The van der Waals surface area contributed by atoms with Crippen LogP contribution in [0.3, 0.4) is 0 Å². The highest BCUT2D eigenvalue weighted by Crippen LogP contribution is 2.34. The molecule has 0 aliphatic carbocycles. The molecule has 0 bridgehead atoms. The summed E-state index contributed by atoms with van der Waals surface area (Å²) < 4.78 is 38.8. The monoisotopic (exact) mass is 227 g/mol. The molecule has 2 rings (SSSR count). The third kappa shape index (κ3) is 1.73. The SMILES string of the molecule is Nc1cnn(-c2ccccc2)c1C(F)(F)F. The molecule has 16 heavy (non-hydrogen) atoms. The highest BCUT2D eigenvalue weighted by Gasteiger charge is 2.38. The number of aromatic nitrogens is 2. The van der Waals surface area contributed by atoms with Crippen molar-refractivity contribution in [2.24, 2.45) is 0 Å². The van der Waals surface area contributed by atoms with E-state index in [-0.39, 0.29) is 5.69 Å². The van der Waals surface area contributed by atoms with E-state index in [1.807, 2.05) is 0 Å². The third-order valence-corrected chi connectivity index (χ3v) is 2.07. The van der Waals surface area contributed by atoms with Crippen LogP contribution >= 0.6 is 0 Å².